The molecule has 0 aliphatic rings. The highest BCUT2D eigenvalue weighted by atomic mass is 35.5. The molecule has 152 valence electrons. The number of aryl methyl sites for hydroxylation is 1. The summed E-state index contributed by atoms with van der Waals surface area (Å²) in [7, 11) is 0. The molecule has 1 aromatic heterocycles. The molecule has 0 amide bonds. The normalized spacial score (nSPS) is 11.4. The third-order valence-electron chi connectivity index (χ3n) is 4.89. The monoisotopic (exact) mass is 416 g/mol. The zero-order chi connectivity index (χ0) is 21.0. The van der Waals surface area contributed by atoms with Gasteiger partial charge in [-0.25, -0.2) is 4.39 Å². The predicted molar refractivity (Wildman–Crippen MR) is 112 cm³/mol. The molecule has 0 unspecified atom stereocenters. The number of allylic oxidation sites excluding steroid dienone is 1. The molecular weight excluding hydrogens is 395 g/mol. The van der Waals surface area contributed by atoms with Crippen LogP contribution in [-0.4, -0.2) is 17.8 Å². The summed E-state index contributed by atoms with van der Waals surface area (Å²) in [4.78, 5) is 10.8. The third kappa shape index (κ3) is 4.98. The quantitative estimate of drug-likeness (QED) is 0.469. The van der Waals surface area contributed by atoms with Gasteiger partial charge in [-0.2, -0.15) is 0 Å². The number of halogens is 2. The summed E-state index contributed by atoms with van der Waals surface area (Å²) >= 11 is 6.23. The minimum Gasteiger partial charge on any atom is -0.488 e. The van der Waals surface area contributed by atoms with Gasteiger partial charge in [-0.15, -0.1) is 0 Å². The molecule has 2 aromatic carbocycles. The van der Waals surface area contributed by atoms with Crippen molar-refractivity contribution >= 4 is 34.6 Å². The fourth-order valence-corrected chi connectivity index (χ4v) is 3.48. The molecule has 0 aliphatic carbocycles. The molecule has 0 bridgehead atoms. The average molecular weight is 417 g/mol. The first-order chi connectivity index (χ1) is 13.9. The van der Waals surface area contributed by atoms with Crippen molar-refractivity contribution in [2.24, 2.45) is 0 Å². The molecule has 29 heavy (non-hydrogen) atoms. The van der Waals surface area contributed by atoms with E-state index < -0.39 is 12.6 Å². The van der Waals surface area contributed by atoms with Crippen LogP contribution in [0.1, 0.15) is 34.4 Å². The number of benzene rings is 2. The van der Waals surface area contributed by atoms with E-state index in [9.17, 15) is 9.18 Å². The predicted octanol–water partition coefficient (Wildman–Crippen LogP) is 6.28. The lowest BCUT2D eigenvalue weighted by molar-refractivity contribution is -0.136. The molecule has 1 heterocycles. The van der Waals surface area contributed by atoms with Gasteiger partial charge < -0.3 is 14.3 Å². The second-order valence-corrected chi connectivity index (χ2v) is 7.28. The van der Waals surface area contributed by atoms with Crippen LogP contribution in [0, 0.1) is 13.8 Å². The molecule has 3 rings (SSSR count). The summed E-state index contributed by atoms with van der Waals surface area (Å²) < 4.78 is 24.2. The van der Waals surface area contributed by atoms with Gasteiger partial charge in [0, 0.05) is 22.4 Å². The van der Waals surface area contributed by atoms with Crippen LogP contribution in [0.3, 0.4) is 0 Å². The lowest BCUT2D eigenvalue weighted by Gasteiger charge is -2.14. The Labute approximate surface area is 173 Å². The van der Waals surface area contributed by atoms with Gasteiger partial charge in [-0.3, -0.25) is 4.79 Å². The number of fused-ring (bicyclic) bond motifs is 1. The highest BCUT2D eigenvalue weighted by Gasteiger charge is 2.13. The summed E-state index contributed by atoms with van der Waals surface area (Å²) in [5, 5.41) is 10.3. The van der Waals surface area contributed by atoms with Gasteiger partial charge in [0.15, 0.2) is 0 Å². The number of furan rings is 1. The van der Waals surface area contributed by atoms with Gasteiger partial charge in [0.25, 0.3) is 0 Å². The van der Waals surface area contributed by atoms with E-state index in [4.69, 9.17) is 25.9 Å². The van der Waals surface area contributed by atoms with E-state index in [2.05, 4.69) is 0 Å². The summed E-state index contributed by atoms with van der Waals surface area (Å²) in [5.41, 5.74) is 4.44. The van der Waals surface area contributed by atoms with Crippen LogP contribution < -0.4 is 4.74 Å². The average Bonchev–Trinajstić information content (AvgIpc) is 3.09. The highest BCUT2D eigenvalue weighted by Crippen LogP contribution is 2.30. The van der Waals surface area contributed by atoms with E-state index in [1.54, 1.807) is 18.2 Å². The number of carbonyl (C=O) groups is 1. The van der Waals surface area contributed by atoms with Crippen LogP contribution in [0.15, 0.2) is 40.8 Å². The second kappa shape index (κ2) is 9.14. The zero-order valence-electron chi connectivity index (χ0n) is 16.3. The smallest absolute Gasteiger partial charge is 0.303 e. The largest absolute Gasteiger partial charge is 0.488 e. The molecule has 0 saturated heterocycles. The van der Waals surface area contributed by atoms with Crippen molar-refractivity contribution in [2.45, 2.75) is 33.3 Å². The SMILES string of the molecule is Cc1c(CCC(=O)O)ccc(OCc2cc(Cl)cc3cc(C=CCF)oc23)c1C. The first kappa shape index (κ1) is 20.9. The van der Waals surface area contributed by atoms with Crippen LogP contribution in [0.4, 0.5) is 4.39 Å². The van der Waals surface area contributed by atoms with Crippen molar-refractivity contribution in [1.82, 2.24) is 0 Å². The van der Waals surface area contributed by atoms with Gasteiger partial charge in [0.05, 0.1) is 0 Å². The molecule has 0 fully saturated rings. The van der Waals surface area contributed by atoms with Gasteiger partial charge in [0.1, 0.15) is 30.4 Å². The number of carboxylic acid groups (broad SMARTS) is 1. The van der Waals surface area contributed by atoms with E-state index >= 15 is 0 Å². The topological polar surface area (TPSA) is 59.7 Å². The molecular formula is C23H22ClFO4. The van der Waals surface area contributed by atoms with Crippen LogP contribution in [-0.2, 0) is 17.8 Å². The molecule has 0 saturated carbocycles. The first-order valence-corrected chi connectivity index (χ1v) is 9.65. The van der Waals surface area contributed by atoms with Crippen molar-refractivity contribution in [3.8, 4) is 5.75 Å². The van der Waals surface area contributed by atoms with Gasteiger partial charge in [-0.1, -0.05) is 23.7 Å². The van der Waals surface area contributed by atoms with Crippen LogP contribution >= 0.6 is 11.6 Å². The highest BCUT2D eigenvalue weighted by molar-refractivity contribution is 6.31. The Morgan fingerprint density at radius 3 is 2.72 bits per heavy atom. The minimum absolute atomic E-state index is 0.0959. The standard InChI is InChI=1S/C23H22ClFO4/c1-14-15(2)21(7-5-16(14)6-8-22(26)27)28-13-18-11-19(24)10-17-12-20(4-3-9-25)29-23(17)18/h3-5,7,10-12H,6,8-9,13H2,1-2H3,(H,26,27). The fraction of sp³-hybridized carbons (Fsp3) is 0.261. The maximum atomic E-state index is 12.4. The Balaban J connectivity index is 1.83. The maximum absolute atomic E-state index is 12.4. The van der Waals surface area contributed by atoms with E-state index in [0.717, 1.165) is 33.4 Å². The third-order valence-corrected chi connectivity index (χ3v) is 5.11. The van der Waals surface area contributed by atoms with Crippen molar-refractivity contribution in [1.29, 1.82) is 0 Å². The molecule has 3 aromatic rings. The fourth-order valence-electron chi connectivity index (χ4n) is 3.23. The maximum Gasteiger partial charge on any atom is 0.303 e. The number of hydrogen-bond donors (Lipinski definition) is 1. The van der Waals surface area contributed by atoms with Crippen molar-refractivity contribution < 1.29 is 23.4 Å². The summed E-state index contributed by atoms with van der Waals surface area (Å²) in [6, 6.07) is 9.16. The van der Waals surface area contributed by atoms with E-state index in [1.807, 2.05) is 32.0 Å². The molecule has 0 aliphatic heterocycles. The van der Waals surface area contributed by atoms with Gasteiger partial charge >= 0.3 is 5.97 Å². The molecule has 0 atom stereocenters. The Morgan fingerprint density at radius 1 is 1.21 bits per heavy atom. The molecule has 0 spiro atoms. The van der Waals surface area contributed by atoms with E-state index in [1.165, 1.54) is 6.08 Å². The van der Waals surface area contributed by atoms with Crippen LogP contribution in [0.5, 0.6) is 5.75 Å². The first-order valence-electron chi connectivity index (χ1n) is 9.27. The number of ether oxygens (including phenoxy) is 1. The number of rotatable bonds is 8. The lowest BCUT2D eigenvalue weighted by Crippen LogP contribution is -2.03. The molecule has 6 heteroatoms. The number of carboxylic acids is 1. The summed E-state index contributed by atoms with van der Waals surface area (Å²) in [6.07, 6.45) is 3.55. The Bertz CT molecular complexity index is 1070. The number of alkyl halides is 1. The number of hydrogen-bond acceptors (Lipinski definition) is 3. The second-order valence-electron chi connectivity index (χ2n) is 6.84. The Hall–Kier alpha value is -2.79. The minimum atomic E-state index is -0.813. The summed E-state index contributed by atoms with van der Waals surface area (Å²) in [6.45, 7) is 3.61. The summed E-state index contributed by atoms with van der Waals surface area (Å²) in [5.74, 6) is 0.460. The van der Waals surface area contributed by atoms with Crippen LogP contribution in [0.25, 0.3) is 17.0 Å². The number of aliphatic carboxylic acids is 1. The van der Waals surface area contributed by atoms with E-state index in [-0.39, 0.29) is 13.0 Å². The zero-order valence-corrected chi connectivity index (χ0v) is 17.1. The molecule has 4 nitrogen and oxygen atoms in total. The van der Waals surface area contributed by atoms with Gasteiger partial charge in [0.2, 0.25) is 0 Å². The van der Waals surface area contributed by atoms with Crippen molar-refractivity contribution in [2.75, 3.05) is 6.67 Å². The van der Waals surface area contributed by atoms with Gasteiger partial charge in [-0.05, 0) is 67.3 Å². The Kier molecular flexibility index (Phi) is 6.60. The van der Waals surface area contributed by atoms with Crippen LogP contribution in [0.2, 0.25) is 5.02 Å². The van der Waals surface area contributed by atoms with Crippen molar-refractivity contribution in [3.05, 3.63) is 69.4 Å². The lowest BCUT2D eigenvalue weighted by atomic mass is 9.99. The van der Waals surface area contributed by atoms with Crippen molar-refractivity contribution in [3.63, 3.8) is 0 Å². The van der Waals surface area contributed by atoms with E-state index in [0.29, 0.717) is 22.8 Å². The molecule has 1 N–H and O–H groups in total. The Morgan fingerprint density at radius 2 is 2.00 bits per heavy atom. The molecule has 0 radical (unpaired) electrons.